The zero-order valence-electron chi connectivity index (χ0n) is 15.3. The van der Waals surface area contributed by atoms with E-state index in [1.165, 1.54) is 28.9 Å². The van der Waals surface area contributed by atoms with Gasteiger partial charge in [0.25, 0.3) is 5.56 Å². The van der Waals surface area contributed by atoms with Crippen LogP contribution in [-0.2, 0) is 13.1 Å². The van der Waals surface area contributed by atoms with E-state index in [-0.39, 0.29) is 32.8 Å². The van der Waals surface area contributed by atoms with Crippen molar-refractivity contribution < 1.29 is 18.7 Å². The largest absolute Gasteiger partial charge is 0.519 e. The Balaban J connectivity index is 1.67. The Morgan fingerprint density at radius 3 is 2.30 bits per heavy atom. The number of nitrogens with zero attached hydrogens (tertiary/aromatic N) is 2. The van der Waals surface area contributed by atoms with Crippen molar-refractivity contribution in [1.29, 1.82) is 0 Å². The Morgan fingerprint density at radius 2 is 1.63 bits per heavy atom. The fraction of sp³-hybridized carbons (Fsp3) is 0.200. The normalized spacial score (nSPS) is 13.1. The number of benzene rings is 2. The van der Waals surface area contributed by atoms with Crippen LogP contribution in [-0.4, -0.2) is 15.5 Å². The van der Waals surface area contributed by atoms with E-state index in [4.69, 9.17) is 44.3 Å². The van der Waals surface area contributed by atoms with Gasteiger partial charge in [0.15, 0.2) is 5.75 Å². The van der Waals surface area contributed by atoms with Crippen LogP contribution in [0.15, 0.2) is 41.2 Å². The molecular formula is C20H14Cl3FN2O4. The fourth-order valence-electron chi connectivity index (χ4n) is 3.26. The minimum Gasteiger partial charge on any atom is -0.395 e. The molecule has 2 aromatic carbocycles. The van der Waals surface area contributed by atoms with Crippen LogP contribution in [0, 0.1) is 5.82 Å². The highest BCUT2D eigenvalue weighted by molar-refractivity contribution is 6.33. The van der Waals surface area contributed by atoms with Gasteiger partial charge in [0.1, 0.15) is 16.7 Å². The first-order valence-corrected chi connectivity index (χ1v) is 10.1. The summed E-state index contributed by atoms with van der Waals surface area (Å²) in [4.78, 5) is 24.9. The quantitative estimate of drug-likeness (QED) is 0.358. The summed E-state index contributed by atoms with van der Waals surface area (Å²) in [5.41, 5.74) is -0.544. The summed E-state index contributed by atoms with van der Waals surface area (Å²) in [7, 11) is 0. The molecule has 0 unspecified atom stereocenters. The second-order valence-electron chi connectivity index (χ2n) is 6.59. The average Bonchev–Trinajstić information content (AvgIpc) is 2.97. The smallest absolute Gasteiger partial charge is 0.395 e. The first-order chi connectivity index (χ1) is 14.3. The summed E-state index contributed by atoms with van der Waals surface area (Å²) < 4.78 is 27.9. The predicted molar refractivity (Wildman–Crippen MR) is 111 cm³/mol. The summed E-state index contributed by atoms with van der Waals surface area (Å²) in [5, 5.41) is 0.431. The van der Waals surface area contributed by atoms with Crippen molar-refractivity contribution in [3.8, 4) is 22.6 Å². The van der Waals surface area contributed by atoms with Crippen LogP contribution < -0.4 is 15.0 Å². The predicted octanol–water partition coefficient (Wildman–Crippen LogP) is 5.79. The van der Waals surface area contributed by atoms with E-state index >= 15 is 0 Å². The summed E-state index contributed by atoms with van der Waals surface area (Å²) in [6.07, 6.45) is 0.602. The molecule has 2 heterocycles. The molecule has 4 rings (SSSR count). The third-order valence-electron chi connectivity index (χ3n) is 4.66. The maximum absolute atomic E-state index is 14.7. The molecule has 0 amide bonds. The zero-order valence-corrected chi connectivity index (χ0v) is 17.6. The van der Waals surface area contributed by atoms with Crippen LogP contribution >= 0.6 is 34.8 Å². The molecule has 0 saturated carbocycles. The number of ether oxygens (including phenoxy) is 2. The van der Waals surface area contributed by atoms with Gasteiger partial charge in [-0.1, -0.05) is 34.8 Å². The van der Waals surface area contributed by atoms with Crippen LogP contribution in [0.5, 0.6) is 11.5 Å². The molecule has 1 aromatic heterocycles. The van der Waals surface area contributed by atoms with E-state index in [9.17, 15) is 14.0 Å². The summed E-state index contributed by atoms with van der Waals surface area (Å²) in [6.45, 7) is 1.05. The average molecular weight is 472 g/mol. The Morgan fingerprint density at radius 1 is 0.967 bits per heavy atom. The van der Waals surface area contributed by atoms with Gasteiger partial charge in [0, 0.05) is 23.7 Å². The number of rotatable bonds is 3. The van der Waals surface area contributed by atoms with Crippen molar-refractivity contribution in [3.63, 3.8) is 0 Å². The number of fused-ring (bicyclic) bond motifs is 1. The van der Waals surface area contributed by atoms with E-state index in [1.54, 1.807) is 4.68 Å². The fourth-order valence-corrected chi connectivity index (χ4v) is 3.93. The van der Waals surface area contributed by atoms with E-state index in [1.807, 2.05) is 0 Å². The van der Waals surface area contributed by atoms with E-state index in [0.29, 0.717) is 18.1 Å². The lowest BCUT2D eigenvalue weighted by Gasteiger charge is -2.17. The Kier molecular flexibility index (Phi) is 5.77. The molecule has 0 radical (unpaired) electrons. The Labute approximate surface area is 185 Å². The van der Waals surface area contributed by atoms with Crippen LogP contribution in [0.1, 0.15) is 12.8 Å². The molecule has 0 atom stereocenters. The molecule has 0 saturated heterocycles. The van der Waals surface area contributed by atoms with Crippen LogP contribution in [0.25, 0.3) is 11.1 Å². The molecule has 10 heteroatoms. The second kappa shape index (κ2) is 8.34. The van der Waals surface area contributed by atoms with Crippen molar-refractivity contribution >= 4 is 41.0 Å². The maximum atomic E-state index is 14.7. The van der Waals surface area contributed by atoms with E-state index in [0.717, 1.165) is 25.0 Å². The van der Waals surface area contributed by atoms with Gasteiger partial charge in [0.05, 0.1) is 10.6 Å². The van der Waals surface area contributed by atoms with Crippen molar-refractivity contribution in [2.24, 2.45) is 0 Å². The number of aromatic nitrogens is 2. The number of carbonyl (C=O) groups is 1. The minimum absolute atomic E-state index is 0.0105. The highest BCUT2D eigenvalue weighted by atomic mass is 35.5. The lowest BCUT2D eigenvalue weighted by Crippen LogP contribution is -2.27. The van der Waals surface area contributed by atoms with Crippen LogP contribution in [0.2, 0.25) is 15.2 Å². The van der Waals surface area contributed by atoms with Crippen molar-refractivity contribution in [2.45, 2.75) is 25.9 Å². The highest BCUT2D eigenvalue weighted by Crippen LogP contribution is 2.36. The van der Waals surface area contributed by atoms with Crippen molar-refractivity contribution in [2.75, 3.05) is 0 Å². The second-order valence-corrected chi connectivity index (χ2v) is 7.80. The van der Waals surface area contributed by atoms with Crippen molar-refractivity contribution in [3.05, 3.63) is 67.8 Å². The molecule has 0 bridgehead atoms. The Hall–Kier alpha value is -2.48. The van der Waals surface area contributed by atoms with Gasteiger partial charge in [0.2, 0.25) is 0 Å². The molecule has 3 aromatic rings. The molecule has 0 N–H and O–H groups in total. The highest BCUT2D eigenvalue weighted by Gasteiger charge is 2.25. The SMILES string of the molecule is O=C(Oc1ccc(Cl)cc1)Oc1cc(-c2c(Cl)n3n(c2=O)CCCC3)c(F)cc1Cl. The maximum Gasteiger partial charge on any atom is 0.519 e. The third kappa shape index (κ3) is 3.93. The molecular weight excluding hydrogens is 458 g/mol. The zero-order chi connectivity index (χ0) is 21.4. The number of hydrogen-bond donors (Lipinski definition) is 0. The van der Waals surface area contributed by atoms with Crippen LogP contribution in [0.3, 0.4) is 0 Å². The molecule has 30 heavy (non-hydrogen) atoms. The molecule has 1 aliphatic heterocycles. The molecule has 1 aliphatic rings. The van der Waals surface area contributed by atoms with Gasteiger partial charge in [-0.25, -0.2) is 13.9 Å². The van der Waals surface area contributed by atoms with E-state index < -0.39 is 17.5 Å². The lowest BCUT2D eigenvalue weighted by molar-refractivity contribution is 0.152. The molecule has 156 valence electrons. The summed E-state index contributed by atoms with van der Waals surface area (Å²) >= 11 is 18.2. The van der Waals surface area contributed by atoms with Gasteiger partial charge < -0.3 is 9.47 Å². The summed E-state index contributed by atoms with van der Waals surface area (Å²) in [5.74, 6) is -0.734. The van der Waals surface area contributed by atoms with Gasteiger partial charge in [-0.05, 0) is 49.2 Å². The molecule has 6 nitrogen and oxygen atoms in total. The Bertz CT molecular complexity index is 1190. The monoisotopic (exact) mass is 470 g/mol. The molecule has 0 aliphatic carbocycles. The first kappa shape index (κ1) is 20.8. The standard InChI is InChI=1S/C20H14Cl3FN2O4/c21-11-3-5-12(6-4-11)29-20(28)30-16-9-13(15(24)10-14(16)22)17-18(23)25-7-1-2-8-26(25)19(17)27/h3-6,9-10H,1-2,7-8H2. The van der Waals surface area contributed by atoms with Gasteiger partial charge in [-0.15, -0.1) is 0 Å². The topological polar surface area (TPSA) is 62.5 Å². The van der Waals surface area contributed by atoms with Gasteiger partial charge in [-0.3, -0.25) is 9.48 Å². The first-order valence-electron chi connectivity index (χ1n) is 8.99. The van der Waals surface area contributed by atoms with Gasteiger partial charge >= 0.3 is 6.16 Å². The van der Waals surface area contributed by atoms with Crippen molar-refractivity contribution in [1.82, 2.24) is 9.36 Å². The third-order valence-corrected chi connectivity index (χ3v) is 5.59. The number of hydrogen-bond acceptors (Lipinski definition) is 4. The molecule has 0 spiro atoms. The number of carbonyl (C=O) groups excluding carboxylic acids is 1. The lowest BCUT2D eigenvalue weighted by atomic mass is 10.1. The minimum atomic E-state index is -1.09. The van der Waals surface area contributed by atoms with E-state index in [2.05, 4.69) is 0 Å². The summed E-state index contributed by atoms with van der Waals surface area (Å²) in [6, 6.07) is 8.16. The van der Waals surface area contributed by atoms with Gasteiger partial charge in [-0.2, -0.15) is 0 Å². The number of halogens is 4. The van der Waals surface area contributed by atoms with Crippen LogP contribution in [0.4, 0.5) is 9.18 Å². The molecule has 0 fully saturated rings.